The number of fused-ring (bicyclic) bond motifs is 1. The standard InChI is InChI=1S/C20H24N4O3/c1-20(2,3)27-10-9-26-18-8-6-14(12-21-18)19(25)22-16-7-5-15-13-24(4)23-17(15)11-16/h5-8,11-13H,9-10H2,1-4H3,(H,22,25). The van der Waals surface area contributed by atoms with Gasteiger partial charge in [0.2, 0.25) is 5.88 Å². The molecular formula is C20H24N4O3. The van der Waals surface area contributed by atoms with Crippen LogP contribution in [0, 0.1) is 0 Å². The van der Waals surface area contributed by atoms with Gasteiger partial charge in [0, 0.05) is 36.6 Å². The summed E-state index contributed by atoms with van der Waals surface area (Å²) < 4.78 is 12.9. The molecule has 0 aliphatic heterocycles. The van der Waals surface area contributed by atoms with Crippen LogP contribution in [-0.4, -0.2) is 39.5 Å². The first-order chi connectivity index (χ1) is 12.8. The minimum atomic E-state index is -0.236. The Morgan fingerprint density at radius 2 is 2.00 bits per heavy atom. The van der Waals surface area contributed by atoms with Crippen LogP contribution < -0.4 is 10.1 Å². The molecule has 0 fully saturated rings. The van der Waals surface area contributed by atoms with Crippen LogP contribution >= 0.6 is 0 Å². The number of carbonyl (C=O) groups excluding carboxylic acids is 1. The first-order valence-electron chi connectivity index (χ1n) is 8.78. The summed E-state index contributed by atoms with van der Waals surface area (Å²) in [7, 11) is 1.86. The van der Waals surface area contributed by atoms with E-state index in [9.17, 15) is 4.79 Å². The third-order valence-electron chi connectivity index (χ3n) is 3.75. The molecule has 3 aromatic rings. The van der Waals surface area contributed by atoms with Gasteiger partial charge in [-0.15, -0.1) is 0 Å². The Hall–Kier alpha value is -2.93. The molecule has 0 bridgehead atoms. The molecule has 0 aliphatic rings. The van der Waals surface area contributed by atoms with Crippen LogP contribution in [0.1, 0.15) is 31.1 Å². The van der Waals surface area contributed by atoms with Gasteiger partial charge in [-0.25, -0.2) is 4.98 Å². The van der Waals surface area contributed by atoms with Crippen LogP contribution in [0.5, 0.6) is 5.88 Å². The van der Waals surface area contributed by atoms with Crippen molar-refractivity contribution in [3.63, 3.8) is 0 Å². The summed E-state index contributed by atoms with van der Waals surface area (Å²) in [5.41, 5.74) is 1.77. The van der Waals surface area contributed by atoms with Gasteiger partial charge in [0.15, 0.2) is 0 Å². The topological polar surface area (TPSA) is 78.3 Å². The Bertz CT molecular complexity index is 927. The van der Waals surface area contributed by atoms with Crippen molar-refractivity contribution in [3.8, 4) is 5.88 Å². The van der Waals surface area contributed by atoms with Crippen LogP contribution in [0.25, 0.3) is 10.9 Å². The van der Waals surface area contributed by atoms with E-state index in [1.165, 1.54) is 6.20 Å². The quantitative estimate of drug-likeness (QED) is 0.675. The number of hydrogen-bond donors (Lipinski definition) is 1. The molecule has 0 spiro atoms. The molecule has 7 heteroatoms. The van der Waals surface area contributed by atoms with Crippen LogP contribution in [-0.2, 0) is 11.8 Å². The molecule has 2 heterocycles. The molecule has 27 heavy (non-hydrogen) atoms. The van der Waals surface area contributed by atoms with Crippen molar-refractivity contribution >= 4 is 22.5 Å². The molecule has 7 nitrogen and oxygen atoms in total. The monoisotopic (exact) mass is 368 g/mol. The number of aryl methyl sites for hydroxylation is 1. The zero-order valence-corrected chi connectivity index (χ0v) is 16.0. The number of nitrogens with zero attached hydrogens (tertiary/aromatic N) is 3. The van der Waals surface area contributed by atoms with E-state index in [-0.39, 0.29) is 11.5 Å². The van der Waals surface area contributed by atoms with Crippen molar-refractivity contribution < 1.29 is 14.3 Å². The van der Waals surface area contributed by atoms with Gasteiger partial charge in [-0.05, 0) is 45.0 Å². The molecule has 142 valence electrons. The number of amides is 1. The number of aromatic nitrogens is 3. The highest BCUT2D eigenvalue weighted by Gasteiger charge is 2.11. The Morgan fingerprint density at radius 3 is 2.70 bits per heavy atom. The molecule has 0 atom stereocenters. The van der Waals surface area contributed by atoms with E-state index in [2.05, 4.69) is 15.4 Å². The third-order valence-corrected chi connectivity index (χ3v) is 3.75. The molecule has 3 rings (SSSR count). The number of hydrogen-bond acceptors (Lipinski definition) is 5. The van der Waals surface area contributed by atoms with E-state index in [0.29, 0.717) is 30.3 Å². The predicted molar refractivity (Wildman–Crippen MR) is 104 cm³/mol. The SMILES string of the molecule is Cn1cc2ccc(NC(=O)c3ccc(OCCOC(C)(C)C)nc3)cc2n1. The summed E-state index contributed by atoms with van der Waals surface area (Å²) in [4.78, 5) is 16.6. The summed E-state index contributed by atoms with van der Waals surface area (Å²) in [6.07, 6.45) is 3.42. The largest absolute Gasteiger partial charge is 0.475 e. The van der Waals surface area contributed by atoms with E-state index >= 15 is 0 Å². The molecule has 2 aromatic heterocycles. The fourth-order valence-corrected chi connectivity index (χ4v) is 2.51. The normalized spacial score (nSPS) is 11.6. The molecule has 0 saturated carbocycles. The lowest BCUT2D eigenvalue weighted by Crippen LogP contribution is -2.22. The number of rotatable bonds is 6. The molecule has 0 saturated heterocycles. The maximum absolute atomic E-state index is 12.4. The first kappa shape index (κ1) is 18.8. The van der Waals surface area contributed by atoms with Gasteiger partial charge in [-0.1, -0.05) is 0 Å². The number of nitrogens with one attached hydrogen (secondary N) is 1. The maximum atomic E-state index is 12.4. The lowest BCUT2D eigenvalue weighted by atomic mass is 10.2. The first-order valence-corrected chi connectivity index (χ1v) is 8.78. The molecule has 0 radical (unpaired) electrons. The molecule has 0 aliphatic carbocycles. The lowest BCUT2D eigenvalue weighted by molar-refractivity contribution is -0.0168. The van der Waals surface area contributed by atoms with Crippen molar-refractivity contribution in [1.29, 1.82) is 0 Å². The molecule has 0 unspecified atom stereocenters. The van der Waals surface area contributed by atoms with Gasteiger partial charge in [0.1, 0.15) is 6.61 Å². The molecule has 1 amide bonds. The second kappa shape index (κ2) is 7.75. The average Bonchev–Trinajstić information content (AvgIpc) is 2.97. The van der Waals surface area contributed by atoms with Gasteiger partial charge >= 0.3 is 0 Å². The second-order valence-corrected chi connectivity index (χ2v) is 7.22. The van der Waals surface area contributed by atoms with Crippen LogP contribution in [0.15, 0.2) is 42.7 Å². The number of ether oxygens (including phenoxy) is 2. The number of pyridine rings is 1. The molecule has 1 aromatic carbocycles. The van der Waals surface area contributed by atoms with Crippen molar-refractivity contribution in [2.45, 2.75) is 26.4 Å². The second-order valence-electron chi connectivity index (χ2n) is 7.22. The summed E-state index contributed by atoms with van der Waals surface area (Å²) in [5, 5.41) is 8.22. The van der Waals surface area contributed by atoms with Crippen molar-refractivity contribution in [1.82, 2.24) is 14.8 Å². The summed E-state index contributed by atoms with van der Waals surface area (Å²) in [6.45, 7) is 6.85. The minimum absolute atomic E-state index is 0.197. The lowest BCUT2D eigenvalue weighted by Gasteiger charge is -2.19. The third kappa shape index (κ3) is 5.27. The van der Waals surface area contributed by atoms with Crippen molar-refractivity contribution in [3.05, 3.63) is 48.3 Å². The number of carbonyl (C=O) groups is 1. The Morgan fingerprint density at radius 1 is 1.19 bits per heavy atom. The van der Waals surface area contributed by atoms with Crippen LogP contribution in [0.2, 0.25) is 0 Å². The van der Waals surface area contributed by atoms with Crippen LogP contribution in [0.4, 0.5) is 5.69 Å². The smallest absolute Gasteiger partial charge is 0.257 e. The highest BCUT2D eigenvalue weighted by Crippen LogP contribution is 2.18. The fourth-order valence-electron chi connectivity index (χ4n) is 2.51. The zero-order valence-electron chi connectivity index (χ0n) is 16.0. The number of benzene rings is 1. The van der Waals surface area contributed by atoms with E-state index < -0.39 is 0 Å². The van der Waals surface area contributed by atoms with Gasteiger partial charge in [0.25, 0.3) is 5.91 Å². The van der Waals surface area contributed by atoms with Crippen molar-refractivity contribution in [2.24, 2.45) is 7.05 Å². The van der Waals surface area contributed by atoms with E-state index in [0.717, 1.165) is 10.9 Å². The van der Waals surface area contributed by atoms with E-state index in [1.54, 1.807) is 16.8 Å². The summed E-state index contributed by atoms with van der Waals surface area (Å²) in [6, 6.07) is 8.97. The fraction of sp³-hybridized carbons (Fsp3) is 0.350. The van der Waals surface area contributed by atoms with Crippen LogP contribution in [0.3, 0.4) is 0 Å². The predicted octanol–water partition coefficient (Wildman–Crippen LogP) is 3.41. The highest BCUT2D eigenvalue weighted by atomic mass is 16.5. The van der Waals surface area contributed by atoms with Gasteiger partial charge in [0.05, 0.1) is 23.3 Å². The van der Waals surface area contributed by atoms with Crippen molar-refractivity contribution in [2.75, 3.05) is 18.5 Å². The molecule has 1 N–H and O–H groups in total. The van der Waals surface area contributed by atoms with E-state index in [1.807, 2.05) is 52.2 Å². The number of anilines is 1. The summed E-state index contributed by atoms with van der Waals surface area (Å²) >= 11 is 0. The zero-order chi connectivity index (χ0) is 19.4. The highest BCUT2D eigenvalue weighted by molar-refractivity contribution is 6.04. The van der Waals surface area contributed by atoms with Gasteiger partial charge < -0.3 is 14.8 Å². The molecular weight excluding hydrogens is 344 g/mol. The Kier molecular flexibility index (Phi) is 5.41. The average molecular weight is 368 g/mol. The maximum Gasteiger partial charge on any atom is 0.257 e. The van der Waals surface area contributed by atoms with Gasteiger partial charge in [-0.2, -0.15) is 5.10 Å². The minimum Gasteiger partial charge on any atom is -0.475 e. The van der Waals surface area contributed by atoms with E-state index in [4.69, 9.17) is 9.47 Å². The Balaban J connectivity index is 1.56. The summed E-state index contributed by atoms with van der Waals surface area (Å²) in [5.74, 6) is 0.222. The van der Waals surface area contributed by atoms with Gasteiger partial charge in [-0.3, -0.25) is 9.48 Å². The Labute approximate surface area is 158 Å².